The zero-order valence-electron chi connectivity index (χ0n) is 10.3. The zero-order valence-corrected chi connectivity index (χ0v) is 10.3. The van der Waals surface area contributed by atoms with Crippen LogP contribution in [-0.2, 0) is 0 Å². The second-order valence-electron chi connectivity index (χ2n) is 3.97. The Kier molecular flexibility index (Phi) is 3.61. The van der Waals surface area contributed by atoms with Crippen LogP contribution in [0.2, 0.25) is 0 Å². The second kappa shape index (κ2) is 5.35. The Labute approximate surface area is 110 Å². The van der Waals surface area contributed by atoms with Crippen molar-refractivity contribution in [1.82, 2.24) is 0 Å². The highest BCUT2D eigenvalue weighted by Gasteiger charge is 2.07. The molecule has 0 radical (unpaired) electrons. The number of aldehydes is 2. The number of ether oxygens (including phenoxy) is 1. The van der Waals surface area contributed by atoms with Crippen molar-refractivity contribution in [2.45, 2.75) is 0 Å². The smallest absolute Gasteiger partial charge is 0.153 e. The van der Waals surface area contributed by atoms with Crippen LogP contribution in [0.4, 0.5) is 0 Å². The van der Waals surface area contributed by atoms with E-state index < -0.39 is 0 Å². The van der Waals surface area contributed by atoms with E-state index in [1.54, 1.807) is 30.3 Å². The quantitative estimate of drug-likeness (QED) is 0.854. The summed E-state index contributed by atoms with van der Waals surface area (Å²) in [6.45, 7) is 0. The first kappa shape index (κ1) is 12.8. The molecule has 96 valence electrons. The van der Waals surface area contributed by atoms with Gasteiger partial charge in [0.2, 0.25) is 0 Å². The molecule has 4 heteroatoms. The minimum absolute atomic E-state index is 0.0668. The number of phenolic OH excluding ortho intramolecular Hbond substituents is 1. The highest BCUT2D eigenvalue weighted by molar-refractivity contribution is 5.85. The second-order valence-corrected chi connectivity index (χ2v) is 3.97. The Morgan fingerprint density at radius 1 is 0.947 bits per heavy atom. The van der Waals surface area contributed by atoms with Crippen LogP contribution in [-0.4, -0.2) is 24.8 Å². The number of phenols is 1. The van der Waals surface area contributed by atoms with Crippen LogP contribution in [0.3, 0.4) is 0 Å². The Hall–Kier alpha value is -2.62. The third-order valence-corrected chi connectivity index (χ3v) is 2.84. The number of aromatic hydroxyl groups is 1. The van der Waals surface area contributed by atoms with Crippen LogP contribution in [0.5, 0.6) is 11.5 Å². The lowest BCUT2D eigenvalue weighted by atomic mass is 10.0. The van der Waals surface area contributed by atoms with E-state index in [0.29, 0.717) is 23.9 Å². The van der Waals surface area contributed by atoms with Crippen molar-refractivity contribution in [2.75, 3.05) is 7.11 Å². The van der Waals surface area contributed by atoms with Crippen LogP contribution < -0.4 is 4.74 Å². The van der Waals surface area contributed by atoms with Gasteiger partial charge in [0, 0.05) is 0 Å². The van der Waals surface area contributed by atoms with Crippen LogP contribution in [0.15, 0.2) is 36.4 Å². The molecule has 0 aliphatic rings. The molecule has 0 aliphatic heterocycles. The summed E-state index contributed by atoms with van der Waals surface area (Å²) in [5.74, 6) is 0.427. The van der Waals surface area contributed by atoms with E-state index in [4.69, 9.17) is 4.74 Å². The van der Waals surface area contributed by atoms with Crippen LogP contribution >= 0.6 is 0 Å². The van der Waals surface area contributed by atoms with E-state index in [0.717, 1.165) is 11.1 Å². The number of carbonyl (C=O) groups is 2. The van der Waals surface area contributed by atoms with Gasteiger partial charge in [-0.25, -0.2) is 0 Å². The molecule has 4 nitrogen and oxygen atoms in total. The van der Waals surface area contributed by atoms with Gasteiger partial charge in [-0.1, -0.05) is 12.1 Å². The van der Waals surface area contributed by atoms with Crippen LogP contribution in [0, 0.1) is 0 Å². The average molecular weight is 256 g/mol. The molecule has 0 heterocycles. The Balaban J connectivity index is 2.52. The molecule has 19 heavy (non-hydrogen) atoms. The summed E-state index contributed by atoms with van der Waals surface area (Å²) in [6.07, 6.45) is 1.30. The largest absolute Gasteiger partial charge is 0.507 e. The molecule has 2 rings (SSSR count). The number of benzene rings is 2. The molecule has 0 spiro atoms. The number of methoxy groups -OCH3 is 1. The predicted octanol–water partition coefficient (Wildman–Crippen LogP) is 2.69. The van der Waals surface area contributed by atoms with Gasteiger partial charge in [-0.3, -0.25) is 9.59 Å². The predicted molar refractivity (Wildman–Crippen MR) is 70.9 cm³/mol. The third kappa shape index (κ3) is 2.47. The number of carbonyl (C=O) groups excluding carboxylic acids is 2. The summed E-state index contributed by atoms with van der Waals surface area (Å²) in [5.41, 5.74) is 2.15. The molecule has 2 aromatic rings. The van der Waals surface area contributed by atoms with E-state index in [2.05, 4.69) is 0 Å². The Morgan fingerprint density at radius 3 is 2.11 bits per heavy atom. The molecule has 0 bridgehead atoms. The standard InChI is InChI=1S/C15H12O4/c1-19-15-5-3-11(7-13(15)9-17)10-2-4-14(18)12(6-10)8-16/h2-9,18H,1H3. The van der Waals surface area contributed by atoms with Crippen molar-refractivity contribution in [1.29, 1.82) is 0 Å². The topological polar surface area (TPSA) is 63.6 Å². The van der Waals surface area contributed by atoms with E-state index in [1.807, 2.05) is 0 Å². The van der Waals surface area contributed by atoms with Gasteiger partial charge in [0.15, 0.2) is 12.6 Å². The molecular formula is C15H12O4. The summed E-state index contributed by atoms with van der Waals surface area (Å²) in [7, 11) is 1.49. The SMILES string of the molecule is COc1ccc(-c2ccc(O)c(C=O)c2)cc1C=O. The van der Waals surface area contributed by atoms with Gasteiger partial charge in [-0.05, 0) is 35.4 Å². The lowest BCUT2D eigenvalue weighted by Gasteiger charge is -2.08. The molecule has 2 aromatic carbocycles. The first-order valence-corrected chi connectivity index (χ1v) is 5.61. The molecule has 0 amide bonds. The van der Waals surface area contributed by atoms with E-state index in [1.165, 1.54) is 13.2 Å². The van der Waals surface area contributed by atoms with Crippen molar-refractivity contribution in [3.63, 3.8) is 0 Å². The molecule has 0 atom stereocenters. The molecule has 0 fully saturated rings. The minimum atomic E-state index is -0.0668. The van der Waals surface area contributed by atoms with Gasteiger partial charge in [0.05, 0.1) is 18.2 Å². The van der Waals surface area contributed by atoms with Crippen molar-refractivity contribution in [3.8, 4) is 22.6 Å². The maximum absolute atomic E-state index is 11.0. The fourth-order valence-electron chi connectivity index (χ4n) is 1.83. The minimum Gasteiger partial charge on any atom is -0.507 e. The highest BCUT2D eigenvalue weighted by Crippen LogP contribution is 2.28. The fourth-order valence-corrected chi connectivity index (χ4v) is 1.83. The lowest BCUT2D eigenvalue weighted by Crippen LogP contribution is -1.91. The summed E-state index contributed by atoms with van der Waals surface area (Å²) >= 11 is 0. The highest BCUT2D eigenvalue weighted by atomic mass is 16.5. The molecule has 0 saturated heterocycles. The van der Waals surface area contributed by atoms with Gasteiger partial charge < -0.3 is 9.84 Å². The molecule has 0 saturated carbocycles. The maximum Gasteiger partial charge on any atom is 0.153 e. The van der Waals surface area contributed by atoms with Crippen molar-refractivity contribution < 1.29 is 19.4 Å². The molecule has 0 aromatic heterocycles. The van der Waals surface area contributed by atoms with Crippen molar-refractivity contribution in [3.05, 3.63) is 47.5 Å². The summed E-state index contributed by atoms with van der Waals surface area (Å²) in [5, 5.41) is 9.46. The summed E-state index contributed by atoms with van der Waals surface area (Å²) in [6, 6.07) is 9.84. The van der Waals surface area contributed by atoms with Gasteiger partial charge in [0.25, 0.3) is 0 Å². The summed E-state index contributed by atoms with van der Waals surface area (Å²) < 4.78 is 5.06. The van der Waals surface area contributed by atoms with Gasteiger partial charge in [-0.2, -0.15) is 0 Å². The zero-order chi connectivity index (χ0) is 13.8. The third-order valence-electron chi connectivity index (χ3n) is 2.84. The molecule has 1 N–H and O–H groups in total. The number of hydrogen-bond donors (Lipinski definition) is 1. The van der Waals surface area contributed by atoms with Gasteiger partial charge >= 0.3 is 0 Å². The van der Waals surface area contributed by atoms with Crippen molar-refractivity contribution in [2.24, 2.45) is 0 Å². The number of rotatable bonds is 4. The Bertz CT molecular complexity index is 632. The molecular weight excluding hydrogens is 244 g/mol. The first-order chi connectivity index (χ1) is 9.19. The summed E-state index contributed by atoms with van der Waals surface area (Å²) in [4.78, 5) is 21.8. The van der Waals surface area contributed by atoms with E-state index >= 15 is 0 Å². The first-order valence-electron chi connectivity index (χ1n) is 5.61. The average Bonchev–Trinajstić information content (AvgIpc) is 2.47. The van der Waals surface area contributed by atoms with Gasteiger partial charge in [-0.15, -0.1) is 0 Å². The fraction of sp³-hybridized carbons (Fsp3) is 0.0667. The normalized spacial score (nSPS) is 9.95. The van der Waals surface area contributed by atoms with Gasteiger partial charge in [0.1, 0.15) is 11.5 Å². The maximum atomic E-state index is 11.0. The Morgan fingerprint density at radius 2 is 1.53 bits per heavy atom. The van der Waals surface area contributed by atoms with Crippen LogP contribution in [0.1, 0.15) is 20.7 Å². The lowest BCUT2D eigenvalue weighted by molar-refractivity contribution is 0.111. The van der Waals surface area contributed by atoms with E-state index in [-0.39, 0.29) is 11.3 Å². The number of hydrogen-bond acceptors (Lipinski definition) is 4. The molecule has 0 unspecified atom stereocenters. The van der Waals surface area contributed by atoms with E-state index in [9.17, 15) is 14.7 Å². The monoisotopic (exact) mass is 256 g/mol. The molecule has 0 aliphatic carbocycles. The van der Waals surface area contributed by atoms with Crippen molar-refractivity contribution >= 4 is 12.6 Å². The van der Waals surface area contributed by atoms with Crippen LogP contribution in [0.25, 0.3) is 11.1 Å².